The molecule has 0 spiro atoms. The van der Waals surface area contributed by atoms with Crippen molar-refractivity contribution in [3.05, 3.63) is 59.0 Å². The van der Waals surface area contributed by atoms with Crippen LogP contribution in [0.2, 0.25) is 5.02 Å². The molecule has 3 fully saturated rings. The Morgan fingerprint density at radius 1 is 1.26 bits per heavy atom. The van der Waals surface area contributed by atoms with Crippen molar-refractivity contribution in [1.29, 1.82) is 0 Å². The average Bonchev–Trinajstić information content (AvgIpc) is 3.07. The fourth-order valence-corrected chi connectivity index (χ4v) is 5.38. The summed E-state index contributed by atoms with van der Waals surface area (Å²) in [6, 6.07) is 9.74. The van der Waals surface area contributed by atoms with Gasteiger partial charge < -0.3 is 10.1 Å². The Bertz CT molecular complexity index is 1200. The minimum absolute atomic E-state index is 0.00476. The molecule has 0 atom stereocenters. The summed E-state index contributed by atoms with van der Waals surface area (Å²) in [7, 11) is 1.84. The summed E-state index contributed by atoms with van der Waals surface area (Å²) in [6.07, 6.45) is 4.59. The Hall–Kier alpha value is -2.93. The standard InChI is InChI=1S/C23H21ClFN3O3/c1-28-21-14(9-26-28)3-2-4-16(21)19(29)8-22-11-23(12-22,13-22)27-20(30)10-31-15-5-6-17(24)18(25)7-15/h2-7,9H,8,10-13H2,1H3,(H,27,30). The molecule has 1 N–H and O–H groups in total. The second kappa shape index (κ2) is 7.05. The van der Waals surface area contributed by atoms with E-state index in [1.807, 2.05) is 25.2 Å². The lowest BCUT2D eigenvalue weighted by atomic mass is 9.38. The zero-order valence-corrected chi connectivity index (χ0v) is 17.7. The second-order valence-electron chi connectivity index (χ2n) is 8.83. The number of carbonyl (C=O) groups is 2. The van der Waals surface area contributed by atoms with Crippen LogP contribution in [0.4, 0.5) is 4.39 Å². The number of hydrogen-bond acceptors (Lipinski definition) is 4. The molecule has 160 valence electrons. The van der Waals surface area contributed by atoms with Crippen molar-refractivity contribution in [3.63, 3.8) is 0 Å². The molecular formula is C23H21ClFN3O3. The van der Waals surface area contributed by atoms with Crippen molar-refractivity contribution in [2.24, 2.45) is 12.5 Å². The lowest BCUT2D eigenvalue weighted by Gasteiger charge is -2.70. The van der Waals surface area contributed by atoms with Crippen LogP contribution in [-0.4, -0.2) is 33.6 Å². The zero-order valence-electron chi connectivity index (χ0n) is 17.0. The van der Waals surface area contributed by atoms with E-state index in [1.54, 1.807) is 10.9 Å². The number of rotatable bonds is 7. The van der Waals surface area contributed by atoms with Gasteiger partial charge in [-0.1, -0.05) is 23.7 Å². The summed E-state index contributed by atoms with van der Waals surface area (Å²) >= 11 is 5.64. The number of aryl methyl sites for hydroxylation is 1. The van der Waals surface area contributed by atoms with Crippen LogP contribution >= 0.6 is 11.6 Å². The molecule has 31 heavy (non-hydrogen) atoms. The van der Waals surface area contributed by atoms with Gasteiger partial charge in [0.25, 0.3) is 5.91 Å². The molecule has 2 bridgehead atoms. The number of nitrogens with one attached hydrogen (secondary N) is 1. The number of benzene rings is 2. The first-order chi connectivity index (χ1) is 14.8. The van der Waals surface area contributed by atoms with E-state index in [0.29, 0.717) is 12.0 Å². The number of Topliss-reactive ketones (excluding diaryl/α,β-unsaturated/α-hetero) is 1. The van der Waals surface area contributed by atoms with Crippen LogP contribution in [0.5, 0.6) is 5.75 Å². The highest BCUT2D eigenvalue weighted by atomic mass is 35.5. The van der Waals surface area contributed by atoms with Gasteiger partial charge in [0.2, 0.25) is 0 Å². The summed E-state index contributed by atoms with van der Waals surface area (Å²) in [6.45, 7) is -0.197. The van der Waals surface area contributed by atoms with Crippen LogP contribution in [0.25, 0.3) is 10.9 Å². The average molecular weight is 442 g/mol. The Balaban J connectivity index is 1.15. The van der Waals surface area contributed by atoms with Crippen molar-refractivity contribution in [1.82, 2.24) is 15.1 Å². The fourth-order valence-electron chi connectivity index (χ4n) is 5.26. The monoisotopic (exact) mass is 441 g/mol. The highest BCUT2D eigenvalue weighted by Crippen LogP contribution is 2.69. The predicted molar refractivity (Wildman–Crippen MR) is 114 cm³/mol. The molecule has 3 aliphatic carbocycles. The molecule has 0 aliphatic heterocycles. The lowest BCUT2D eigenvalue weighted by Crippen LogP contribution is -2.75. The van der Waals surface area contributed by atoms with E-state index in [9.17, 15) is 14.0 Å². The van der Waals surface area contributed by atoms with Crippen LogP contribution in [0, 0.1) is 11.2 Å². The summed E-state index contributed by atoms with van der Waals surface area (Å²) < 4.78 is 20.5. The molecule has 0 unspecified atom stereocenters. The molecule has 1 amide bonds. The molecule has 3 aromatic rings. The van der Waals surface area contributed by atoms with Crippen molar-refractivity contribution >= 4 is 34.2 Å². The van der Waals surface area contributed by atoms with Gasteiger partial charge in [-0.25, -0.2) is 4.39 Å². The van der Waals surface area contributed by atoms with Gasteiger partial charge in [-0.2, -0.15) is 5.10 Å². The number of ketones is 1. The molecule has 0 radical (unpaired) electrons. The van der Waals surface area contributed by atoms with Crippen molar-refractivity contribution < 1.29 is 18.7 Å². The normalized spacial score (nSPS) is 23.7. The largest absolute Gasteiger partial charge is 0.484 e. The van der Waals surface area contributed by atoms with Gasteiger partial charge in [-0.3, -0.25) is 14.3 Å². The minimum atomic E-state index is -0.590. The Morgan fingerprint density at radius 2 is 2.03 bits per heavy atom. The Morgan fingerprint density at radius 3 is 2.77 bits per heavy atom. The Labute approximate surface area is 183 Å². The van der Waals surface area contributed by atoms with Gasteiger partial charge in [0.1, 0.15) is 11.6 Å². The SMILES string of the molecule is Cn1ncc2cccc(C(=O)CC34CC(NC(=O)COc5ccc(Cl)c(F)c5)(C3)C4)c21. The van der Waals surface area contributed by atoms with Crippen LogP contribution < -0.4 is 10.1 Å². The number of halogens is 2. The maximum Gasteiger partial charge on any atom is 0.258 e. The number of carbonyl (C=O) groups excluding carboxylic acids is 2. The number of amides is 1. The van der Waals surface area contributed by atoms with Crippen molar-refractivity contribution in [2.45, 2.75) is 31.2 Å². The van der Waals surface area contributed by atoms with Gasteiger partial charge in [0.15, 0.2) is 12.4 Å². The highest BCUT2D eigenvalue weighted by Gasteiger charge is 2.68. The third-order valence-corrected chi connectivity index (χ3v) is 6.71. The zero-order chi connectivity index (χ0) is 21.8. The van der Waals surface area contributed by atoms with Gasteiger partial charge in [-0.05, 0) is 42.9 Å². The molecule has 6 rings (SSSR count). The maximum absolute atomic E-state index is 13.5. The predicted octanol–water partition coefficient (Wildman–Crippen LogP) is 4.06. The molecule has 2 aromatic carbocycles. The van der Waals surface area contributed by atoms with Crippen LogP contribution in [0.1, 0.15) is 36.0 Å². The van der Waals surface area contributed by atoms with Crippen LogP contribution in [0.15, 0.2) is 42.6 Å². The number of fused-ring (bicyclic) bond motifs is 1. The molecule has 8 heteroatoms. The van der Waals surface area contributed by atoms with Gasteiger partial charge >= 0.3 is 0 Å². The number of ether oxygens (including phenoxy) is 1. The second-order valence-corrected chi connectivity index (χ2v) is 9.24. The summed E-state index contributed by atoms with van der Waals surface area (Å²) in [5.41, 5.74) is 1.28. The smallest absolute Gasteiger partial charge is 0.258 e. The quantitative estimate of drug-likeness (QED) is 0.561. The first-order valence-corrected chi connectivity index (χ1v) is 10.5. The Kier molecular flexibility index (Phi) is 4.55. The first kappa shape index (κ1) is 20.0. The van der Waals surface area contributed by atoms with Gasteiger partial charge in [0.05, 0.1) is 16.7 Å². The van der Waals surface area contributed by atoms with E-state index in [-0.39, 0.29) is 40.0 Å². The molecule has 1 aromatic heterocycles. The third-order valence-electron chi connectivity index (χ3n) is 6.40. The van der Waals surface area contributed by atoms with E-state index in [2.05, 4.69) is 10.4 Å². The summed E-state index contributed by atoms with van der Waals surface area (Å²) in [5.74, 6) is -0.481. The topological polar surface area (TPSA) is 73.2 Å². The summed E-state index contributed by atoms with van der Waals surface area (Å²) in [5, 5.41) is 8.23. The van der Waals surface area contributed by atoms with Crippen molar-refractivity contribution in [2.75, 3.05) is 6.61 Å². The highest BCUT2D eigenvalue weighted by molar-refractivity contribution is 6.30. The molecular weight excluding hydrogens is 421 g/mol. The number of hydrogen-bond donors (Lipinski definition) is 1. The van der Waals surface area contributed by atoms with E-state index in [1.165, 1.54) is 12.1 Å². The van der Waals surface area contributed by atoms with E-state index in [4.69, 9.17) is 16.3 Å². The maximum atomic E-state index is 13.5. The van der Waals surface area contributed by atoms with E-state index in [0.717, 1.165) is 36.2 Å². The number of para-hydroxylation sites is 1. The third kappa shape index (κ3) is 3.47. The van der Waals surface area contributed by atoms with Gasteiger partial charge in [0, 0.05) is 36.0 Å². The fraction of sp³-hybridized carbons (Fsp3) is 0.348. The molecule has 3 saturated carbocycles. The van der Waals surface area contributed by atoms with Crippen LogP contribution in [0.3, 0.4) is 0 Å². The van der Waals surface area contributed by atoms with Gasteiger partial charge in [-0.15, -0.1) is 0 Å². The molecule has 0 saturated heterocycles. The molecule has 3 aliphatic rings. The number of nitrogens with zero attached hydrogens (tertiary/aromatic N) is 2. The first-order valence-electron chi connectivity index (χ1n) is 10.1. The van der Waals surface area contributed by atoms with E-state index >= 15 is 0 Å². The van der Waals surface area contributed by atoms with E-state index < -0.39 is 5.82 Å². The van der Waals surface area contributed by atoms with Crippen molar-refractivity contribution in [3.8, 4) is 5.75 Å². The number of aromatic nitrogens is 2. The molecule has 6 nitrogen and oxygen atoms in total. The van der Waals surface area contributed by atoms with Crippen LogP contribution in [-0.2, 0) is 11.8 Å². The summed E-state index contributed by atoms with van der Waals surface area (Å²) in [4.78, 5) is 25.3. The molecule has 1 heterocycles. The lowest BCUT2D eigenvalue weighted by molar-refractivity contribution is -0.164. The minimum Gasteiger partial charge on any atom is -0.484 e.